The van der Waals surface area contributed by atoms with E-state index in [1.54, 1.807) is 7.11 Å². The van der Waals surface area contributed by atoms with Crippen LogP contribution in [0.4, 0.5) is 0 Å². The molecule has 1 heterocycles. The number of nitrogens with zero attached hydrogens (tertiary/aromatic N) is 2. The van der Waals surface area contributed by atoms with Gasteiger partial charge in [-0.25, -0.2) is 0 Å². The highest BCUT2D eigenvalue weighted by Crippen LogP contribution is 2.27. The molecule has 0 N–H and O–H groups in total. The summed E-state index contributed by atoms with van der Waals surface area (Å²) < 4.78 is 16.0. The number of hydrogen-bond donors (Lipinski definition) is 0. The zero-order valence-corrected chi connectivity index (χ0v) is 16.4. The van der Waals surface area contributed by atoms with Crippen LogP contribution in [0.1, 0.15) is 22.9 Å². The molecule has 1 aromatic heterocycles. The smallest absolute Gasteiger partial charge is 0.318 e. The molecule has 4 aromatic rings. The molecule has 150 valence electrons. The van der Waals surface area contributed by atoms with Gasteiger partial charge in [-0.05, 0) is 23.3 Å². The topological polar surface area (TPSA) is 74.5 Å². The van der Waals surface area contributed by atoms with Crippen molar-refractivity contribution in [2.75, 3.05) is 7.11 Å². The quantitative estimate of drug-likeness (QED) is 0.422. The third-order valence-electron chi connectivity index (χ3n) is 4.64. The Hall–Kier alpha value is -3.93. The third-order valence-corrected chi connectivity index (χ3v) is 4.64. The second-order valence-electron chi connectivity index (χ2n) is 6.61. The van der Waals surface area contributed by atoms with Gasteiger partial charge in [0.2, 0.25) is 5.82 Å². The lowest BCUT2D eigenvalue weighted by atomic mass is 9.91. The van der Waals surface area contributed by atoms with Gasteiger partial charge in [0.15, 0.2) is 6.61 Å². The molecule has 0 amide bonds. The number of carbonyl (C=O) groups excluding carboxylic acids is 1. The van der Waals surface area contributed by atoms with Gasteiger partial charge in [-0.2, -0.15) is 4.98 Å². The number of carbonyl (C=O) groups is 1. The Kier molecular flexibility index (Phi) is 5.85. The van der Waals surface area contributed by atoms with Gasteiger partial charge in [0.05, 0.1) is 7.11 Å². The van der Waals surface area contributed by atoms with Crippen LogP contribution in [0.15, 0.2) is 89.5 Å². The van der Waals surface area contributed by atoms with E-state index in [0.29, 0.717) is 11.6 Å². The predicted octanol–water partition coefficient (Wildman–Crippen LogP) is 4.62. The third kappa shape index (κ3) is 4.38. The molecule has 30 heavy (non-hydrogen) atoms. The highest BCUT2D eigenvalue weighted by molar-refractivity contribution is 5.82. The van der Waals surface area contributed by atoms with Crippen LogP contribution < -0.4 is 4.74 Å². The maximum atomic E-state index is 12.9. The fourth-order valence-electron chi connectivity index (χ4n) is 3.16. The maximum absolute atomic E-state index is 12.9. The first-order valence-corrected chi connectivity index (χ1v) is 9.48. The molecule has 4 rings (SSSR count). The molecule has 0 atom stereocenters. The summed E-state index contributed by atoms with van der Waals surface area (Å²) in [6.45, 7) is -0.105. The number of hydrogen-bond acceptors (Lipinski definition) is 6. The second kappa shape index (κ2) is 9.05. The average molecular weight is 400 g/mol. The molecule has 0 spiro atoms. The van der Waals surface area contributed by atoms with E-state index in [9.17, 15) is 4.79 Å². The van der Waals surface area contributed by atoms with Crippen molar-refractivity contribution in [1.82, 2.24) is 10.1 Å². The minimum atomic E-state index is -0.534. The van der Waals surface area contributed by atoms with Crippen molar-refractivity contribution in [3.63, 3.8) is 0 Å². The number of esters is 1. The zero-order chi connectivity index (χ0) is 20.8. The molecule has 6 heteroatoms. The minimum Gasteiger partial charge on any atom is -0.497 e. The van der Waals surface area contributed by atoms with Crippen LogP contribution in [0.25, 0.3) is 11.4 Å². The molecule has 3 aromatic carbocycles. The molecule has 0 aliphatic rings. The van der Waals surface area contributed by atoms with E-state index in [2.05, 4.69) is 10.1 Å². The van der Waals surface area contributed by atoms with Crippen LogP contribution in [-0.2, 0) is 16.1 Å². The Labute approximate surface area is 174 Å². The monoisotopic (exact) mass is 400 g/mol. The first kappa shape index (κ1) is 19.4. The summed E-state index contributed by atoms with van der Waals surface area (Å²) in [4.78, 5) is 17.3. The van der Waals surface area contributed by atoms with Crippen molar-refractivity contribution in [2.45, 2.75) is 12.5 Å². The van der Waals surface area contributed by atoms with Crippen LogP contribution >= 0.6 is 0 Å². The summed E-state index contributed by atoms with van der Waals surface area (Å²) in [6, 6.07) is 26.4. The summed E-state index contributed by atoms with van der Waals surface area (Å²) in [5.41, 5.74) is 2.47. The van der Waals surface area contributed by atoms with Gasteiger partial charge in [0, 0.05) is 5.56 Å². The Morgan fingerprint density at radius 3 is 2.23 bits per heavy atom. The van der Waals surface area contributed by atoms with Gasteiger partial charge in [-0.15, -0.1) is 0 Å². The highest BCUT2D eigenvalue weighted by Gasteiger charge is 2.25. The molecule has 0 radical (unpaired) electrons. The Morgan fingerprint density at radius 1 is 0.933 bits per heavy atom. The average Bonchev–Trinajstić information content (AvgIpc) is 3.29. The molecule has 0 aliphatic carbocycles. The molecule has 6 nitrogen and oxygen atoms in total. The van der Waals surface area contributed by atoms with Gasteiger partial charge < -0.3 is 14.0 Å². The summed E-state index contributed by atoms with van der Waals surface area (Å²) in [5.74, 6) is 0.407. The van der Waals surface area contributed by atoms with E-state index in [1.807, 2.05) is 84.9 Å². The van der Waals surface area contributed by atoms with E-state index in [0.717, 1.165) is 16.7 Å². The SMILES string of the molecule is COc1cccc(-c2noc(COC(=O)C(c3ccccc3)c3ccccc3)n2)c1. The molecule has 0 bridgehead atoms. The van der Waals surface area contributed by atoms with Gasteiger partial charge in [0.1, 0.15) is 11.7 Å². The molecule has 0 unspecified atom stereocenters. The minimum absolute atomic E-state index is 0.105. The molecule has 0 saturated heterocycles. The van der Waals surface area contributed by atoms with Crippen LogP contribution in [-0.4, -0.2) is 23.2 Å². The molecular formula is C24H20N2O4. The van der Waals surface area contributed by atoms with Crippen molar-refractivity contribution >= 4 is 5.97 Å². The molecule has 0 aliphatic heterocycles. The maximum Gasteiger partial charge on any atom is 0.318 e. The lowest BCUT2D eigenvalue weighted by molar-refractivity contribution is -0.146. The first-order chi connectivity index (χ1) is 14.7. The number of benzene rings is 3. The summed E-state index contributed by atoms with van der Waals surface area (Å²) in [6.07, 6.45) is 0. The van der Waals surface area contributed by atoms with Gasteiger partial charge >= 0.3 is 5.97 Å². The van der Waals surface area contributed by atoms with Gasteiger partial charge in [0.25, 0.3) is 5.89 Å². The number of methoxy groups -OCH3 is 1. The fourth-order valence-corrected chi connectivity index (χ4v) is 3.16. The van der Waals surface area contributed by atoms with E-state index < -0.39 is 5.92 Å². The lowest BCUT2D eigenvalue weighted by Gasteiger charge is -2.16. The van der Waals surface area contributed by atoms with E-state index in [4.69, 9.17) is 14.0 Å². The largest absolute Gasteiger partial charge is 0.497 e. The predicted molar refractivity (Wildman–Crippen MR) is 111 cm³/mol. The van der Waals surface area contributed by atoms with Crippen LogP contribution in [0.2, 0.25) is 0 Å². The molecule has 0 saturated carbocycles. The van der Waals surface area contributed by atoms with E-state index in [1.165, 1.54) is 0 Å². The standard InChI is InChI=1S/C24H20N2O4/c1-28-20-14-8-13-19(15-20)23-25-21(30-26-23)16-29-24(27)22(17-9-4-2-5-10-17)18-11-6-3-7-12-18/h2-15,22H,16H2,1H3. The Bertz CT molecular complexity index is 1070. The van der Waals surface area contributed by atoms with Gasteiger partial charge in [-0.3, -0.25) is 4.79 Å². The summed E-state index contributed by atoms with van der Waals surface area (Å²) >= 11 is 0. The first-order valence-electron chi connectivity index (χ1n) is 9.48. The van der Waals surface area contributed by atoms with E-state index >= 15 is 0 Å². The van der Waals surface area contributed by atoms with E-state index in [-0.39, 0.29) is 18.5 Å². The van der Waals surface area contributed by atoms with Crippen LogP contribution in [0.5, 0.6) is 5.75 Å². The van der Waals surface area contributed by atoms with Crippen molar-refractivity contribution in [3.05, 3.63) is 102 Å². The van der Waals surface area contributed by atoms with Crippen LogP contribution in [0.3, 0.4) is 0 Å². The lowest BCUT2D eigenvalue weighted by Crippen LogP contribution is -2.17. The number of aromatic nitrogens is 2. The summed E-state index contributed by atoms with van der Waals surface area (Å²) in [5, 5.41) is 3.97. The highest BCUT2D eigenvalue weighted by atomic mass is 16.6. The van der Waals surface area contributed by atoms with Crippen molar-refractivity contribution in [3.8, 4) is 17.1 Å². The Balaban J connectivity index is 1.50. The fraction of sp³-hybridized carbons (Fsp3) is 0.125. The van der Waals surface area contributed by atoms with Crippen molar-refractivity contribution in [1.29, 1.82) is 0 Å². The molecular weight excluding hydrogens is 380 g/mol. The van der Waals surface area contributed by atoms with Crippen LogP contribution in [0, 0.1) is 0 Å². The van der Waals surface area contributed by atoms with Crippen molar-refractivity contribution < 1.29 is 18.8 Å². The van der Waals surface area contributed by atoms with Crippen molar-refractivity contribution in [2.24, 2.45) is 0 Å². The second-order valence-corrected chi connectivity index (χ2v) is 6.61. The Morgan fingerprint density at radius 2 is 1.60 bits per heavy atom. The van der Waals surface area contributed by atoms with Gasteiger partial charge in [-0.1, -0.05) is 78.0 Å². The zero-order valence-electron chi connectivity index (χ0n) is 16.4. The summed E-state index contributed by atoms with van der Waals surface area (Å²) in [7, 11) is 1.59. The number of ether oxygens (including phenoxy) is 2. The molecule has 0 fully saturated rings. The number of rotatable bonds is 7. The normalized spacial score (nSPS) is 10.7.